The van der Waals surface area contributed by atoms with E-state index in [-0.39, 0.29) is 11.6 Å². The van der Waals surface area contributed by atoms with Gasteiger partial charge < -0.3 is 25.6 Å². The van der Waals surface area contributed by atoms with E-state index in [1.54, 1.807) is 24.3 Å². The van der Waals surface area contributed by atoms with Gasteiger partial charge in [0, 0.05) is 44.2 Å². The SMILES string of the molecule is CCOCCCNC(=O)c1cc(NC(=O)Nc2ccccc2F)ccc1N1CCCC1. The zero-order valence-corrected chi connectivity index (χ0v) is 17.7. The smallest absolute Gasteiger partial charge is 0.323 e. The number of anilines is 3. The van der Waals surface area contributed by atoms with E-state index in [9.17, 15) is 14.0 Å². The highest BCUT2D eigenvalue weighted by molar-refractivity contribution is 6.04. The lowest BCUT2D eigenvalue weighted by atomic mass is 10.1. The molecule has 3 rings (SSSR count). The van der Waals surface area contributed by atoms with Crippen molar-refractivity contribution in [3.8, 4) is 0 Å². The molecule has 0 spiro atoms. The molecule has 8 heteroatoms. The van der Waals surface area contributed by atoms with Gasteiger partial charge in [0.1, 0.15) is 5.82 Å². The molecule has 0 radical (unpaired) electrons. The van der Waals surface area contributed by atoms with Crippen LogP contribution in [0, 0.1) is 5.82 Å². The van der Waals surface area contributed by atoms with Gasteiger partial charge in [0.15, 0.2) is 0 Å². The zero-order chi connectivity index (χ0) is 22.1. The Balaban J connectivity index is 1.71. The van der Waals surface area contributed by atoms with Crippen molar-refractivity contribution in [3.63, 3.8) is 0 Å². The third kappa shape index (κ3) is 6.42. The molecule has 3 amide bonds. The van der Waals surface area contributed by atoms with Crippen LogP contribution in [-0.4, -0.2) is 44.8 Å². The van der Waals surface area contributed by atoms with Crippen molar-refractivity contribution >= 4 is 29.0 Å². The second kappa shape index (κ2) is 11.3. The molecule has 0 atom stereocenters. The van der Waals surface area contributed by atoms with E-state index in [0.717, 1.165) is 38.0 Å². The molecular formula is C23H29FN4O3. The largest absolute Gasteiger partial charge is 0.382 e. The average molecular weight is 429 g/mol. The predicted molar refractivity (Wildman–Crippen MR) is 120 cm³/mol. The van der Waals surface area contributed by atoms with Gasteiger partial charge in [-0.2, -0.15) is 0 Å². The molecule has 7 nitrogen and oxygen atoms in total. The maximum absolute atomic E-state index is 13.8. The molecule has 0 aliphatic carbocycles. The molecule has 1 aliphatic rings. The van der Waals surface area contributed by atoms with Gasteiger partial charge in [-0.25, -0.2) is 9.18 Å². The first-order valence-electron chi connectivity index (χ1n) is 10.7. The molecule has 0 unspecified atom stereocenters. The van der Waals surface area contributed by atoms with Gasteiger partial charge in [0.2, 0.25) is 0 Å². The van der Waals surface area contributed by atoms with Crippen LogP contribution in [0.2, 0.25) is 0 Å². The fourth-order valence-corrected chi connectivity index (χ4v) is 3.49. The number of halogens is 1. The second-order valence-corrected chi connectivity index (χ2v) is 7.29. The highest BCUT2D eigenvalue weighted by Crippen LogP contribution is 2.28. The number of nitrogens with one attached hydrogen (secondary N) is 3. The van der Waals surface area contributed by atoms with Crippen molar-refractivity contribution in [2.45, 2.75) is 26.2 Å². The minimum Gasteiger partial charge on any atom is -0.382 e. The first-order valence-corrected chi connectivity index (χ1v) is 10.7. The number of hydrogen-bond acceptors (Lipinski definition) is 4. The summed E-state index contributed by atoms with van der Waals surface area (Å²) in [5.74, 6) is -0.717. The topological polar surface area (TPSA) is 82.7 Å². The van der Waals surface area contributed by atoms with E-state index in [1.807, 2.05) is 13.0 Å². The second-order valence-electron chi connectivity index (χ2n) is 7.29. The molecule has 2 aromatic carbocycles. The number of ether oxygens (including phenoxy) is 1. The Labute approximate surface area is 182 Å². The van der Waals surface area contributed by atoms with E-state index < -0.39 is 11.8 Å². The number of benzene rings is 2. The lowest BCUT2D eigenvalue weighted by molar-refractivity contribution is 0.0944. The molecule has 1 fully saturated rings. The Kier molecular flexibility index (Phi) is 8.23. The minimum absolute atomic E-state index is 0.0842. The first-order chi connectivity index (χ1) is 15.1. The van der Waals surface area contributed by atoms with E-state index in [4.69, 9.17) is 4.74 Å². The van der Waals surface area contributed by atoms with Gasteiger partial charge in [-0.05, 0) is 56.5 Å². The zero-order valence-electron chi connectivity index (χ0n) is 17.7. The Bertz CT molecular complexity index is 900. The van der Waals surface area contributed by atoms with Crippen LogP contribution < -0.4 is 20.9 Å². The fraction of sp³-hybridized carbons (Fsp3) is 0.391. The van der Waals surface area contributed by atoms with Gasteiger partial charge in [0.05, 0.1) is 11.3 Å². The number of carbonyl (C=O) groups is 2. The predicted octanol–water partition coefficient (Wildman–Crippen LogP) is 4.23. The molecular weight excluding hydrogens is 399 g/mol. The molecule has 0 aromatic heterocycles. The fourth-order valence-electron chi connectivity index (χ4n) is 3.49. The van der Waals surface area contributed by atoms with Crippen molar-refractivity contribution in [3.05, 3.63) is 53.8 Å². The van der Waals surface area contributed by atoms with Crippen LogP contribution in [0.25, 0.3) is 0 Å². The van der Waals surface area contributed by atoms with Gasteiger partial charge >= 0.3 is 6.03 Å². The van der Waals surface area contributed by atoms with E-state index in [2.05, 4.69) is 20.9 Å². The van der Waals surface area contributed by atoms with Crippen molar-refractivity contribution < 1.29 is 18.7 Å². The third-order valence-corrected chi connectivity index (χ3v) is 5.02. The summed E-state index contributed by atoms with van der Waals surface area (Å²) in [7, 11) is 0. The highest BCUT2D eigenvalue weighted by Gasteiger charge is 2.20. The monoisotopic (exact) mass is 428 g/mol. The molecule has 0 saturated carbocycles. The van der Waals surface area contributed by atoms with Crippen LogP contribution >= 0.6 is 0 Å². The lowest BCUT2D eigenvalue weighted by Crippen LogP contribution is -2.29. The highest BCUT2D eigenvalue weighted by atomic mass is 19.1. The summed E-state index contributed by atoms with van der Waals surface area (Å²) >= 11 is 0. The standard InChI is InChI=1S/C23H29FN4O3/c1-2-31-15-7-12-25-22(29)18-16-17(10-11-21(18)28-13-5-6-14-28)26-23(30)27-20-9-4-3-8-19(20)24/h3-4,8-11,16H,2,5-7,12-15H2,1H3,(H,25,29)(H2,26,27,30). The molecule has 1 aliphatic heterocycles. The summed E-state index contributed by atoms with van der Waals surface area (Å²) in [4.78, 5) is 27.4. The maximum atomic E-state index is 13.8. The third-order valence-electron chi connectivity index (χ3n) is 5.02. The number of urea groups is 1. The van der Waals surface area contributed by atoms with E-state index in [1.165, 1.54) is 12.1 Å². The molecule has 1 saturated heterocycles. The van der Waals surface area contributed by atoms with Crippen LogP contribution in [-0.2, 0) is 4.74 Å². The Morgan fingerprint density at radius 2 is 1.87 bits per heavy atom. The summed E-state index contributed by atoms with van der Waals surface area (Å²) in [6, 6.07) is 10.6. The van der Waals surface area contributed by atoms with Crippen LogP contribution in [0.15, 0.2) is 42.5 Å². The normalized spacial score (nSPS) is 13.2. The average Bonchev–Trinajstić information content (AvgIpc) is 3.30. The van der Waals surface area contributed by atoms with E-state index in [0.29, 0.717) is 31.0 Å². The Morgan fingerprint density at radius 1 is 1.10 bits per heavy atom. The Morgan fingerprint density at radius 3 is 2.61 bits per heavy atom. The number of para-hydroxylation sites is 1. The molecule has 2 aromatic rings. The number of nitrogens with zero attached hydrogens (tertiary/aromatic N) is 1. The Hall–Kier alpha value is -3.13. The number of hydrogen-bond donors (Lipinski definition) is 3. The summed E-state index contributed by atoms with van der Waals surface area (Å²) in [5.41, 5.74) is 1.89. The van der Waals surface area contributed by atoms with Crippen molar-refractivity contribution in [1.82, 2.24) is 5.32 Å². The van der Waals surface area contributed by atoms with Gasteiger partial charge in [-0.3, -0.25) is 4.79 Å². The number of rotatable bonds is 9. The summed E-state index contributed by atoms with van der Waals surface area (Å²) < 4.78 is 19.1. The van der Waals surface area contributed by atoms with Gasteiger partial charge in [0.25, 0.3) is 5.91 Å². The lowest BCUT2D eigenvalue weighted by Gasteiger charge is -2.22. The van der Waals surface area contributed by atoms with Crippen LogP contribution in [0.3, 0.4) is 0 Å². The minimum atomic E-state index is -0.581. The van der Waals surface area contributed by atoms with Crippen LogP contribution in [0.1, 0.15) is 36.5 Å². The van der Waals surface area contributed by atoms with E-state index >= 15 is 0 Å². The van der Waals surface area contributed by atoms with Gasteiger partial charge in [-0.1, -0.05) is 12.1 Å². The molecule has 0 bridgehead atoms. The molecule has 1 heterocycles. The van der Waals surface area contributed by atoms with Crippen LogP contribution in [0.5, 0.6) is 0 Å². The molecule has 31 heavy (non-hydrogen) atoms. The van der Waals surface area contributed by atoms with Gasteiger partial charge in [-0.15, -0.1) is 0 Å². The number of carbonyl (C=O) groups excluding carboxylic acids is 2. The van der Waals surface area contributed by atoms with Crippen molar-refractivity contribution in [2.75, 3.05) is 48.4 Å². The number of amides is 3. The first kappa shape index (κ1) is 22.6. The van der Waals surface area contributed by atoms with Crippen molar-refractivity contribution in [1.29, 1.82) is 0 Å². The van der Waals surface area contributed by atoms with Crippen LogP contribution in [0.4, 0.5) is 26.2 Å². The quantitative estimate of drug-likeness (QED) is 0.522. The summed E-state index contributed by atoms with van der Waals surface area (Å²) in [5, 5.41) is 8.09. The maximum Gasteiger partial charge on any atom is 0.323 e. The van der Waals surface area contributed by atoms with Crippen molar-refractivity contribution in [2.24, 2.45) is 0 Å². The molecule has 166 valence electrons. The summed E-state index contributed by atoms with van der Waals surface area (Å²) in [6.45, 7) is 5.46. The molecule has 3 N–H and O–H groups in total. The summed E-state index contributed by atoms with van der Waals surface area (Å²) in [6.07, 6.45) is 2.89.